The molecule has 7 heteroatoms. The molecule has 2 aromatic rings. The minimum atomic E-state index is -0.657. The van der Waals surface area contributed by atoms with E-state index in [9.17, 15) is 9.59 Å². The summed E-state index contributed by atoms with van der Waals surface area (Å²) in [6.45, 7) is 0.596. The fraction of sp³-hybridized carbons (Fsp3) is 0.478. The summed E-state index contributed by atoms with van der Waals surface area (Å²) in [6, 6.07) is 8.95. The van der Waals surface area contributed by atoms with E-state index in [2.05, 4.69) is 0 Å². The molecule has 6 nitrogen and oxygen atoms in total. The SMILES string of the molecule is COc1ccc([C@H]2C(=O)N(C3CCCCC3)CC(=O)N2Cc2cccs2)cc1OC. The van der Waals surface area contributed by atoms with E-state index >= 15 is 0 Å². The summed E-state index contributed by atoms with van der Waals surface area (Å²) in [5.74, 6) is 1.16. The molecule has 2 amide bonds. The third-order valence-corrected chi connectivity index (χ3v) is 6.96. The number of benzene rings is 1. The average Bonchev–Trinajstić information content (AvgIpc) is 3.29. The third-order valence-electron chi connectivity index (χ3n) is 6.10. The Balaban J connectivity index is 1.71. The highest BCUT2D eigenvalue weighted by molar-refractivity contribution is 7.09. The van der Waals surface area contributed by atoms with Gasteiger partial charge in [-0.3, -0.25) is 9.59 Å². The van der Waals surface area contributed by atoms with Crippen LogP contribution in [0.1, 0.15) is 48.6 Å². The molecule has 1 saturated heterocycles. The fourth-order valence-corrected chi connectivity index (χ4v) is 5.25. The van der Waals surface area contributed by atoms with Crippen molar-refractivity contribution >= 4 is 23.2 Å². The van der Waals surface area contributed by atoms with E-state index in [-0.39, 0.29) is 24.4 Å². The summed E-state index contributed by atoms with van der Waals surface area (Å²) in [7, 11) is 3.16. The zero-order chi connectivity index (χ0) is 21.1. The van der Waals surface area contributed by atoms with Crippen LogP contribution in [-0.2, 0) is 16.1 Å². The summed E-state index contributed by atoms with van der Waals surface area (Å²) in [5, 5.41) is 1.99. The first kappa shape index (κ1) is 20.7. The summed E-state index contributed by atoms with van der Waals surface area (Å²) in [5.41, 5.74) is 0.753. The number of thiophene rings is 1. The van der Waals surface area contributed by atoms with Crippen molar-refractivity contribution < 1.29 is 19.1 Å². The average molecular weight is 429 g/mol. The monoisotopic (exact) mass is 428 g/mol. The topological polar surface area (TPSA) is 59.1 Å². The first-order chi connectivity index (χ1) is 14.6. The Morgan fingerprint density at radius 1 is 1.03 bits per heavy atom. The molecule has 1 aromatic heterocycles. The van der Waals surface area contributed by atoms with Crippen LogP contribution in [0.15, 0.2) is 35.7 Å². The van der Waals surface area contributed by atoms with Gasteiger partial charge in [-0.25, -0.2) is 0 Å². The van der Waals surface area contributed by atoms with Crippen molar-refractivity contribution in [1.82, 2.24) is 9.80 Å². The number of nitrogens with zero attached hydrogens (tertiary/aromatic N) is 2. The molecule has 2 fully saturated rings. The smallest absolute Gasteiger partial charge is 0.250 e. The van der Waals surface area contributed by atoms with Crippen molar-refractivity contribution in [3.63, 3.8) is 0 Å². The number of hydrogen-bond donors (Lipinski definition) is 0. The van der Waals surface area contributed by atoms with Crippen molar-refractivity contribution in [3.05, 3.63) is 46.2 Å². The second kappa shape index (κ2) is 9.08. The Morgan fingerprint density at radius 3 is 2.47 bits per heavy atom. The lowest BCUT2D eigenvalue weighted by molar-refractivity contribution is -0.159. The molecule has 1 aliphatic carbocycles. The van der Waals surface area contributed by atoms with Crippen molar-refractivity contribution in [1.29, 1.82) is 0 Å². The second-order valence-electron chi connectivity index (χ2n) is 7.88. The van der Waals surface area contributed by atoms with Gasteiger partial charge in [0.15, 0.2) is 11.5 Å². The Morgan fingerprint density at radius 2 is 1.80 bits per heavy atom. The summed E-state index contributed by atoms with van der Waals surface area (Å²) in [4.78, 5) is 31.6. The molecular formula is C23H28N2O4S. The van der Waals surface area contributed by atoms with Gasteiger partial charge in [-0.15, -0.1) is 11.3 Å². The lowest BCUT2D eigenvalue weighted by Crippen LogP contribution is -2.58. The van der Waals surface area contributed by atoms with Crippen LogP contribution in [0.4, 0.5) is 0 Å². The minimum absolute atomic E-state index is 0.00489. The molecule has 1 aliphatic heterocycles. The Bertz CT molecular complexity index is 893. The van der Waals surface area contributed by atoms with Crippen LogP contribution in [0, 0.1) is 0 Å². The maximum atomic E-state index is 13.7. The van der Waals surface area contributed by atoms with Gasteiger partial charge in [0.1, 0.15) is 12.6 Å². The Labute approximate surface area is 181 Å². The number of methoxy groups -OCH3 is 2. The van der Waals surface area contributed by atoms with Crippen LogP contribution in [0.5, 0.6) is 11.5 Å². The molecule has 0 radical (unpaired) electrons. The predicted octanol–water partition coefficient (Wildman–Crippen LogP) is 4.01. The molecule has 1 saturated carbocycles. The normalized spacial score (nSPS) is 20.5. The van der Waals surface area contributed by atoms with E-state index in [4.69, 9.17) is 9.47 Å². The van der Waals surface area contributed by atoms with Gasteiger partial charge >= 0.3 is 0 Å². The molecule has 0 unspecified atom stereocenters. The fourth-order valence-electron chi connectivity index (χ4n) is 4.55. The first-order valence-electron chi connectivity index (χ1n) is 10.5. The Kier molecular flexibility index (Phi) is 6.27. The van der Waals surface area contributed by atoms with Crippen LogP contribution >= 0.6 is 11.3 Å². The van der Waals surface area contributed by atoms with Crippen LogP contribution < -0.4 is 9.47 Å². The largest absolute Gasteiger partial charge is 0.493 e. The van der Waals surface area contributed by atoms with Gasteiger partial charge in [0.05, 0.1) is 20.8 Å². The lowest BCUT2D eigenvalue weighted by atomic mass is 9.91. The van der Waals surface area contributed by atoms with E-state index in [1.165, 1.54) is 6.42 Å². The quantitative estimate of drug-likeness (QED) is 0.698. The van der Waals surface area contributed by atoms with Gasteiger partial charge in [-0.2, -0.15) is 0 Å². The van der Waals surface area contributed by atoms with Crippen LogP contribution in [-0.4, -0.2) is 48.4 Å². The van der Waals surface area contributed by atoms with Gasteiger partial charge in [0, 0.05) is 10.9 Å². The van der Waals surface area contributed by atoms with Crippen LogP contribution in [0.25, 0.3) is 0 Å². The van der Waals surface area contributed by atoms with Gasteiger partial charge in [0.25, 0.3) is 5.91 Å². The highest BCUT2D eigenvalue weighted by Crippen LogP contribution is 2.37. The van der Waals surface area contributed by atoms with Crippen molar-refractivity contribution in [2.45, 2.75) is 50.7 Å². The van der Waals surface area contributed by atoms with Crippen LogP contribution in [0.3, 0.4) is 0 Å². The molecule has 160 valence electrons. The van der Waals surface area contributed by atoms with E-state index in [0.717, 1.165) is 36.1 Å². The maximum Gasteiger partial charge on any atom is 0.250 e. The number of amides is 2. The summed E-state index contributed by atoms with van der Waals surface area (Å²) < 4.78 is 10.8. The zero-order valence-electron chi connectivity index (χ0n) is 17.5. The third kappa shape index (κ3) is 4.03. The summed E-state index contributed by atoms with van der Waals surface area (Å²) in [6.07, 6.45) is 5.38. The molecule has 30 heavy (non-hydrogen) atoms. The molecule has 1 aromatic carbocycles. The lowest BCUT2D eigenvalue weighted by Gasteiger charge is -2.44. The standard InChI is InChI=1S/C23H28N2O4S/c1-28-19-11-10-16(13-20(19)29-2)22-23(27)24(17-7-4-3-5-8-17)15-21(26)25(22)14-18-9-6-12-30-18/h6,9-13,17,22H,3-5,7-8,14-15H2,1-2H3/t22-/m0/s1. The van der Waals surface area contributed by atoms with Crippen molar-refractivity contribution in [2.24, 2.45) is 0 Å². The molecule has 2 aliphatic rings. The van der Waals surface area contributed by atoms with Crippen molar-refractivity contribution in [2.75, 3.05) is 20.8 Å². The molecular weight excluding hydrogens is 400 g/mol. The highest BCUT2D eigenvalue weighted by atomic mass is 32.1. The summed E-state index contributed by atoms with van der Waals surface area (Å²) >= 11 is 1.60. The predicted molar refractivity (Wildman–Crippen MR) is 116 cm³/mol. The minimum Gasteiger partial charge on any atom is -0.493 e. The zero-order valence-corrected chi connectivity index (χ0v) is 18.3. The maximum absolute atomic E-state index is 13.7. The number of hydrogen-bond acceptors (Lipinski definition) is 5. The number of ether oxygens (including phenoxy) is 2. The van der Waals surface area contributed by atoms with Gasteiger partial charge in [-0.1, -0.05) is 31.4 Å². The molecule has 1 atom stereocenters. The van der Waals surface area contributed by atoms with Gasteiger partial charge in [0.2, 0.25) is 5.91 Å². The van der Waals surface area contributed by atoms with Crippen LogP contribution in [0.2, 0.25) is 0 Å². The number of piperazine rings is 1. The molecule has 0 bridgehead atoms. The van der Waals surface area contributed by atoms with E-state index in [1.54, 1.807) is 36.5 Å². The number of rotatable bonds is 6. The first-order valence-corrected chi connectivity index (χ1v) is 11.3. The molecule has 4 rings (SSSR count). The second-order valence-corrected chi connectivity index (χ2v) is 8.91. The van der Waals surface area contributed by atoms with Gasteiger partial charge in [-0.05, 0) is 42.0 Å². The Hall–Kier alpha value is -2.54. The molecule has 0 spiro atoms. The van der Waals surface area contributed by atoms with E-state index in [0.29, 0.717) is 18.0 Å². The van der Waals surface area contributed by atoms with E-state index in [1.807, 2.05) is 34.5 Å². The van der Waals surface area contributed by atoms with Crippen molar-refractivity contribution in [3.8, 4) is 11.5 Å². The molecule has 2 heterocycles. The van der Waals surface area contributed by atoms with Gasteiger partial charge < -0.3 is 19.3 Å². The van der Waals surface area contributed by atoms with E-state index < -0.39 is 6.04 Å². The number of carbonyl (C=O) groups excluding carboxylic acids is 2. The highest BCUT2D eigenvalue weighted by Gasteiger charge is 2.43. The number of carbonyl (C=O) groups is 2. The molecule has 0 N–H and O–H groups in total.